The maximum absolute atomic E-state index is 7.16. The van der Waals surface area contributed by atoms with Gasteiger partial charge in [-0.3, -0.25) is 5.41 Å². The molecule has 0 aromatic heterocycles. The third-order valence-corrected chi connectivity index (χ3v) is 1.64. The van der Waals surface area contributed by atoms with Crippen molar-refractivity contribution in [1.29, 1.82) is 5.41 Å². The van der Waals surface area contributed by atoms with Crippen LogP contribution in [0.3, 0.4) is 0 Å². The van der Waals surface area contributed by atoms with Crippen LogP contribution < -0.4 is 5.73 Å². The lowest BCUT2D eigenvalue weighted by atomic mass is 9.92. The molecule has 3 N–H and O–H groups in total. The smallest absolute Gasteiger partial charge is 0.0939 e. The van der Waals surface area contributed by atoms with E-state index < -0.39 is 0 Å². The second-order valence-corrected chi connectivity index (χ2v) is 2.71. The molecule has 0 bridgehead atoms. The number of rotatable bonds is 3. The summed E-state index contributed by atoms with van der Waals surface area (Å²) in [5.41, 5.74) is 5.33. The SMILES string of the molecule is CCC(C(=N)N)C(C)C. The molecule has 2 heteroatoms. The number of hydrogen-bond donors (Lipinski definition) is 2. The maximum Gasteiger partial charge on any atom is 0.0939 e. The van der Waals surface area contributed by atoms with Crippen molar-refractivity contribution >= 4 is 5.84 Å². The van der Waals surface area contributed by atoms with Gasteiger partial charge in [0.2, 0.25) is 0 Å². The first-order valence-electron chi connectivity index (χ1n) is 3.43. The fourth-order valence-electron chi connectivity index (χ4n) is 1.05. The van der Waals surface area contributed by atoms with Crippen molar-refractivity contribution < 1.29 is 0 Å². The Morgan fingerprint density at radius 1 is 1.56 bits per heavy atom. The van der Waals surface area contributed by atoms with Crippen molar-refractivity contribution in [1.82, 2.24) is 0 Å². The molecule has 0 aromatic rings. The number of nitrogens with one attached hydrogen (secondary N) is 1. The minimum absolute atomic E-state index is 0.282. The Morgan fingerprint density at radius 3 is 2.00 bits per heavy atom. The largest absolute Gasteiger partial charge is 0.387 e. The Morgan fingerprint density at radius 2 is 2.00 bits per heavy atom. The zero-order chi connectivity index (χ0) is 7.44. The van der Waals surface area contributed by atoms with E-state index in [-0.39, 0.29) is 5.92 Å². The number of amidine groups is 1. The van der Waals surface area contributed by atoms with E-state index in [9.17, 15) is 0 Å². The molecule has 0 aromatic carbocycles. The van der Waals surface area contributed by atoms with E-state index in [2.05, 4.69) is 20.8 Å². The molecule has 0 fully saturated rings. The molecule has 0 spiro atoms. The van der Waals surface area contributed by atoms with E-state index in [4.69, 9.17) is 11.1 Å². The number of hydrogen-bond acceptors (Lipinski definition) is 1. The van der Waals surface area contributed by atoms with Gasteiger partial charge in [0.15, 0.2) is 0 Å². The van der Waals surface area contributed by atoms with Crippen molar-refractivity contribution in [3.05, 3.63) is 0 Å². The van der Waals surface area contributed by atoms with Gasteiger partial charge in [0, 0.05) is 5.92 Å². The highest BCUT2D eigenvalue weighted by atomic mass is 14.7. The predicted octanol–water partition coefficient (Wildman–Crippen LogP) is 1.60. The van der Waals surface area contributed by atoms with Gasteiger partial charge in [0.1, 0.15) is 0 Å². The van der Waals surface area contributed by atoms with Crippen LogP contribution in [0, 0.1) is 17.2 Å². The van der Waals surface area contributed by atoms with Crippen LogP contribution in [0.25, 0.3) is 0 Å². The standard InChI is InChI=1S/C7H16N2/c1-4-6(5(2)3)7(8)9/h5-6H,4H2,1-3H3,(H3,8,9). The van der Waals surface area contributed by atoms with Gasteiger partial charge in [-0.2, -0.15) is 0 Å². The van der Waals surface area contributed by atoms with Gasteiger partial charge < -0.3 is 5.73 Å². The average Bonchev–Trinajstić information content (AvgIpc) is 1.64. The molecule has 0 heterocycles. The van der Waals surface area contributed by atoms with E-state index >= 15 is 0 Å². The molecular weight excluding hydrogens is 112 g/mol. The highest BCUT2D eigenvalue weighted by Crippen LogP contribution is 2.13. The molecule has 0 amide bonds. The Bertz CT molecular complexity index is 97.1. The van der Waals surface area contributed by atoms with Crippen LogP contribution in [0.15, 0.2) is 0 Å². The summed E-state index contributed by atoms with van der Waals surface area (Å²) in [7, 11) is 0. The minimum atomic E-state index is 0.282. The van der Waals surface area contributed by atoms with Crippen LogP contribution in [0.4, 0.5) is 0 Å². The molecular formula is C7H16N2. The third-order valence-electron chi connectivity index (χ3n) is 1.64. The van der Waals surface area contributed by atoms with Crippen molar-refractivity contribution in [3.63, 3.8) is 0 Å². The van der Waals surface area contributed by atoms with Crippen LogP contribution in [-0.4, -0.2) is 5.84 Å². The minimum Gasteiger partial charge on any atom is -0.387 e. The summed E-state index contributed by atoms with van der Waals surface area (Å²) in [6, 6.07) is 0. The second kappa shape index (κ2) is 3.49. The Balaban J connectivity index is 3.83. The van der Waals surface area contributed by atoms with Crippen molar-refractivity contribution in [2.24, 2.45) is 17.6 Å². The van der Waals surface area contributed by atoms with Gasteiger partial charge in [0.25, 0.3) is 0 Å². The molecule has 0 aliphatic rings. The van der Waals surface area contributed by atoms with Gasteiger partial charge in [-0.1, -0.05) is 20.8 Å². The molecule has 9 heavy (non-hydrogen) atoms. The van der Waals surface area contributed by atoms with Crippen LogP contribution in [0.1, 0.15) is 27.2 Å². The highest BCUT2D eigenvalue weighted by Gasteiger charge is 2.12. The van der Waals surface area contributed by atoms with Gasteiger partial charge in [-0.05, 0) is 12.3 Å². The highest BCUT2D eigenvalue weighted by molar-refractivity contribution is 5.79. The molecule has 0 aliphatic heterocycles. The summed E-state index contributed by atoms with van der Waals surface area (Å²) in [5.74, 6) is 1.12. The van der Waals surface area contributed by atoms with E-state index in [0.717, 1.165) is 6.42 Å². The summed E-state index contributed by atoms with van der Waals surface area (Å²) < 4.78 is 0. The van der Waals surface area contributed by atoms with Crippen LogP contribution in [0.2, 0.25) is 0 Å². The summed E-state index contributed by atoms with van der Waals surface area (Å²) >= 11 is 0. The molecule has 0 rings (SSSR count). The first kappa shape index (κ1) is 8.47. The van der Waals surface area contributed by atoms with Crippen LogP contribution in [0.5, 0.6) is 0 Å². The van der Waals surface area contributed by atoms with E-state index in [0.29, 0.717) is 11.8 Å². The molecule has 1 atom stereocenters. The first-order chi connectivity index (χ1) is 4.09. The third kappa shape index (κ3) is 2.49. The lowest BCUT2D eigenvalue weighted by Crippen LogP contribution is -2.25. The number of nitrogens with two attached hydrogens (primary N) is 1. The maximum atomic E-state index is 7.16. The first-order valence-corrected chi connectivity index (χ1v) is 3.43. The Kier molecular flexibility index (Phi) is 3.28. The Hall–Kier alpha value is -0.530. The average molecular weight is 128 g/mol. The van der Waals surface area contributed by atoms with Crippen molar-refractivity contribution in [2.75, 3.05) is 0 Å². The molecule has 0 saturated carbocycles. The summed E-state index contributed by atoms with van der Waals surface area (Å²) in [6.45, 7) is 6.25. The van der Waals surface area contributed by atoms with Crippen molar-refractivity contribution in [2.45, 2.75) is 27.2 Å². The zero-order valence-corrected chi connectivity index (χ0v) is 6.44. The van der Waals surface area contributed by atoms with Crippen LogP contribution >= 0.6 is 0 Å². The molecule has 0 saturated heterocycles. The van der Waals surface area contributed by atoms with E-state index in [1.165, 1.54) is 0 Å². The molecule has 2 nitrogen and oxygen atoms in total. The van der Waals surface area contributed by atoms with Crippen molar-refractivity contribution in [3.8, 4) is 0 Å². The zero-order valence-electron chi connectivity index (χ0n) is 6.44. The monoisotopic (exact) mass is 128 g/mol. The molecule has 54 valence electrons. The van der Waals surface area contributed by atoms with Gasteiger partial charge >= 0.3 is 0 Å². The lowest BCUT2D eigenvalue weighted by Gasteiger charge is -2.16. The fourth-order valence-corrected chi connectivity index (χ4v) is 1.05. The summed E-state index contributed by atoms with van der Waals surface area (Å²) in [5, 5.41) is 7.16. The molecule has 0 radical (unpaired) electrons. The predicted molar refractivity (Wildman–Crippen MR) is 40.5 cm³/mol. The van der Waals surface area contributed by atoms with E-state index in [1.807, 2.05) is 0 Å². The van der Waals surface area contributed by atoms with Gasteiger partial charge in [-0.25, -0.2) is 0 Å². The second-order valence-electron chi connectivity index (χ2n) is 2.71. The van der Waals surface area contributed by atoms with Crippen LogP contribution in [-0.2, 0) is 0 Å². The normalized spacial score (nSPS) is 13.8. The lowest BCUT2D eigenvalue weighted by molar-refractivity contribution is 0.476. The molecule has 0 aliphatic carbocycles. The Labute approximate surface area is 57.0 Å². The quantitative estimate of drug-likeness (QED) is 0.440. The molecule has 1 unspecified atom stereocenters. The van der Waals surface area contributed by atoms with Gasteiger partial charge in [-0.15, -0.1) is 0 Å². The topological polar surface area (TPSA) is 49.9 Å². The van der Waals surface area contributed by atoms with E-state index in [1.54, 1.807) is 0 Å². The summed E-state index contributed by atoms with van der Waals surface area (Å²) in [4.78, 5) is 0. The summed E-state index contributed by atoms with van der Waals surface area (Å²) in [6.07, 6.45) is 0.979. The fraction of sp³-hybridized carbons (Fsp3) is 0.857. The van der Waals surface area contributed by atoms with Gasteiger partial charge in [0.05, 0.1) is 5.84 Å².